The predicted molar refractivity (Wildman–Crippen MR) is 54.3 cm³/mol. The van der Waals surface area contributed by atoms with Gasteiger partial charge in [0.05, 0.1) is 18.1 Å². The number of nitrogens with two attached hydrogens (primary N) is 1. The number of anilines is 2. The van der Waals surface area contributed by atoms with E-state index in [1.54, 1.807) is 0 Å². The van der Waals surface area contributed by atoms with Crippen LogP contribution in [0.25, 0.3) is 0 Å². The van der Waals surface area contributed by atoms with Crippen LogP contribution in [0.1, 0.15) is 0 Å². The van der Waals surface area contributed by atoms with Gasteiger partial charge in [-0.05, 0) is 0 Å². The van der Waals surface area contributed by atoms with Crippen LogP contribution >= 0.6 is 0 Å². The van der Waals surface area contributed by atoms with Gasteiger partial charge in [-0.1, -0.05) is 0 Å². The van der Waals surface area contributed by atoms with Gasteiger partial charge in [0.2, 0.25) is 10.0 Å². The van der Waals surface area contributed by atoms with Crippen molar-refractivity contribution in [2.75, 3.05) is 30.4 Å². The van der Waals surface area contributed by atoms with Crippen LogP contribution in [0.4, 0.5) is 11.5 Å². The lowest BCUT2D eigenvalue weighted by Gasteiger charge is -2.04. The minimum absolute atomic E-state index is 0.309. The lowest BCUT2D eigenvalue weighted by Crippen LogP contribution is -2.27. The molecule has 80 valence electrons. The Labute approximate surface area is 82.1 Å². The van der Waals surface area contributed by atoms with Crippen LogP contribution < -0.4 is 15.8 Å². The van der Waals surface area contributed by atoms with Gasteiger partial charge in [-0.15, -0.1) is 0 Å². The maximum atomic E-state index is 10.7. The first kappa shape index (κ1) is 10.8. The number of hydrogen-bond donors (Lipinski definition) is 4. The number of aromatic amines is 1. The quantitative estimate of drug-likeness (QED) is 0.472. The molecule has 0 aliphatic heterocycles. The molecule has 7 nitrogen and oxygen atoms in total. The van der Waals surface area contributed by atoms with E-state index in [1.807, 2.05) is 0 Å². The van der Waals surface area contributed by atoms with Gasteiger partial charge in [0, 0.05) is 13.1 Å². The molecule has 0 saturated carbocycles. The summed E-state index contributed by atoms with van der Waals surface area (Å²) in [6.07, 6.45) is 2.65. The molecule has 0 unspecified atom stereocenters. The number of aromatic nitrogens is 2. The second kappa shape index (κ2) is 4.29. The van der Waals surface area contributed by atoms with E-state index in [2.05, 4.69) is 20.2 Å². The van der Waals surface area contributed by atoms with Crippen LogP contribution in [0.3, 0.4) is 0 Å². The molecule has 1 heterocycles. The monoisotopic (exact) mass is 219 g/mol. The Morgan fingerprint density at radius 3 is 2.79 bits per heavy atom. The normalized spacial score (nSPS) is 11.5. The first-order chi connectivity index (χ1) is 6.49. The van der Waals surface area contributed by atoms with Gasteiger partial charge in [-0.3, -0.25) is 5.10 Å². The van der Waals surface area contributed by atoms with Crippen molar-refractivity contribution in [3.05, 3.63) is 6.20 Å². The third-order valence-corrected chi connectivity index (χ3v) is 2.20. The molecule has 5 N–H and O–H groups in total. The van der Waals surface area contributed by atoms with E-state index in [9.17, 15) is 8.42 Å². The van der Waals surface area contributed by atoms with Crippen molar-refractivity contribution >= 4 is 21.5 Å². The number of sulfonamides is 1. The molecule has 1 aromatic rings. The molecular formula is C6H13N5O2S. The highest BCUT2D eigenvalue weighted by molar-refractivity contribution is 7.88. The Balaban J connectivity index is 2.26. The van der Waals surface area contributed by atoms with E-state index in [1.165, 1.54) is 6.20 Å². The lowest BCUT2D eigenvalue weighted by atomic mass is 10.5. The Morgan fingerprint density at radius 1 is 1.57 bits per heavy atom. The Bertz CT molecular complexity index is 385. The average Bonchev–Trinajstić information content (AvgIpc) is 2.44. The third-order valence-electron chi connectivity index (χ3n) is 1.47. The smallest absolute Gasteiger partial charge is 0.208 e. The summed E-state index contributed by atoms with van der Waals surface area (Å²) in [5.74, 6) is 0.435. The zero-order valence-electron chi connectivity index (χ0n) is 7.74. The van der Waals surface area contributed by atoms with Gasteiger partial charge in [0.1, 0.15) is 5.82 Å². The number of nitrogens with zero attached hydrogens (tertiary/aromatic N) is 1. The second-order valence-electron chi connectivity index (χ2n) is 2.79. The van der Waals surface area contributed by atoms with Crippen LogP contribution in [0.5, 0.6) is 0 Å². The molecule has 0 saturated heterocycles. The maximum Gasteiger partial charge on any atom is 0.208 e. The van der Waals surface area contributed by atoms with Crippen molar-refractivity contribution in [3.8, 4) is 0 Å². The van der Waals surface area contributed by atoms with E-state index in [-0.39, 0.29) is 0 Å². The van der Waals surface area contributed by atoms with Crippen LogP contribution in [0, 0.1) is 0 Å². The summed E-state index contributed by atoms with van der Waals surface area (Å²) < 4.78 is 23.7. The van der Waals surface area contributed by atoms with Crippen molar-refractivity contribution < 1.29 is 8.42 Å². The summed E-state index contributed by atoms with van der Waals surface area (Å²) >= 11 is 0. The molecule has 1 rings (SSSR count). The van der Waals surface area contributed by atoms with Gasteiger partial charge < -0.3 is 11.1 Å². The van der Waals surface area contributed by atoms with Gasteiger partial charge in [0.25, 0.3) is 0 Å². The molecule has 0 aromatic carbocycles. The Morgan fingerprint density at radius 2 is 2.29 bits per heavy atom. The molecule has 1 aromatic heterocycles. The summed E-state index contributed by atoms with van der Waals surface area (Å²) in [5.41, 5.74) is 6.16. The van der Waals surface area contributed by atoms with E-state index in [0.29, 0.717) is 24.6 Å². The maximum absolute atomic E-state index is 10.7. The zero-order chi connectivity index (χ0) is 10.6. The highest BCUT2D eigenvalue weighted by Crippen LogP contribution is 2.11. The van der Waals surface area contributed by atoms with Crippen LogP contribution in [0.2, 0.25) is 0 Å². The number of nitrogen functional groups attached to an aromatic ring is 1. The molecule has 0 aliphatic carbocycles. The molecule has 0 fully saturated rings. The highest BCUT2D eigenvalue weighted by Gasteiger charge is 2.01. The molecule has 0 amide bonds. The molecular weight excluding hydrogens is 206 g/mol. The molecule has 0 radical (unpaired) electrons. The van der Waals surface area contributed by atoms with Crippen molar-refractivity contribution in [2.45, 2.75) is 0 Å². The number of nitrogens with one attached hydrogen (secondary N) is 3. The summed E-state index contributed by atoms with van der Waals surface area (Å²) in [5, 5.41) is 9.17. The molecule has 8 heteroatoms. The molecule has 0 aliphatic rings. The summed E-state index contributed by atoms with van der Waals surface area (Å²) in [6, 6.07) is 0. The fourth-order valence-corrected chi connectivity index (χ4v) is 1.34. The van der Waals surface area contributed by atoms with Crippen molar-refractivity contribution in [1.29, 1.82) is 0 Å². The molecule has 14 heavy (non-hydrogen) atoms. The van der Waals surface area contributed by atoms with Crippen LogP contribution in [-0.2, 0) is 10.0 Å². The van der Waals surface area contributed by atoms with E-state index in [4.69, 9.17) is 5.73 Å². The van der Waals surface area contributed by atoms with E-state index < -0.39 is 10.0 Å². The topological polar surface area (TPSA) is 113 Å². The highest BCUT2D eigenvalue weighted by atomic mass is 32.2. The number of rotatable bonds is 5. The fraction of sp³-hybridized carbons (Fsp3) is 0.500. The Hall–Kier alpha value is -1.28. The SMILES string of the molecule is CS(=O)(=O)NCCNc1cn[nH]c1N. The predicted octanol–water partition coefficient (Wildman–Crippen LogP) is -1.05. The van der Waals surface area contributed by atoms with E-state index >= 15 is 0 Å². The summed E-state index contributed by atoms with van der Waals surface area (Å²) in [4.78, 5) is 0. The van der Waals surface area contributed by atoms with Gasteiger partial charge in [-0.2, -0.15) is 5.10 Å². The van der Waals surface area contributed by atoms with Crippen molar-refractivity contribution in [1.82, 2.24) is 14.9 Å². The summed E-state index contributed by atoms with van der Waals surface area (Å²) in [6.45, 7) is 0.764. The van der Waals surface area contributed by atoms with Gasteiger partial charge in [0.15, 0.2) is 0 Å². The second-order valence-corrected chi connectivity index (χ2v) is 4.62. The average molecular weight is 219 g/mol. The van der Waals surface area contributed by atoms with Gasteiger partial charge >= 0.3 is 0 Å². The number of H-pyrrole nitrogens is 1. The third kappa shape index (κ3) is 3.62. The zero-order valence-corrected chi connectivity index (χ0v) is 8.56. The van der Waals surface area contributed by atoms with Crippen molar-refractivity contribution in [3.63, 3.8) is 0 Å². The summed E-state index contributed by atoms with van der Waals surface area (Å²) in [7, 11) is -3.12. The van der Waals surface area contributed by atoms with E-state index in [0.717, 1.165) is 6.26 Å². The molecule has 0 spiro atoms. The molecule has 0 atom stereocenters. The minimum atomic E-state index is -3.12. The van der Waals surface area contributed by atoms with Gasteiger partial charge in [-0.25, -0.2) is 13.1 Å². The standard InChI is InChI=1S/C6H13N5O2S/c1-14(12,13)10-3-2-8-5-4-9-11-6(5)7/h4,8,10H,2-3H2,1H3,(H3,7,9,11). The van der Waals surface area contributed by atoms with Crippen LogP contribution in [-0.4, -0.2) is 38.0 Å². The van der Waals surface area contributed by atoms with Crippen LogP contribution in [0.15, 0.2) is 6.20 Å². The molecule has 0 bridgehead atoms. The fourth-order valence-electron chi connectivity index (χ4n) is 0.871. The van der Waals surface area contributed by atoms with Crippen molar-refractivity contribution in [2.24, 2.45) is 0 Å². The minimum Gasteiger partial charge on any atom is -0.382 e. The largest absolute Gasteiger partial charge is 0.382 e. The number of hydrogen-bond acceptors (Lipinski definition) is 5. The first-order valence-electron chi connectivity index (χ1n) is 3.96. The Kier molecular flexibility index (Phi) is 3.31. The first-order valence-corrected chi connectivity index (χ1v) is 5.85. The lowest BCUT2D eigenvalue weighted by molar-refractivity contribution is 0.589.